The van der Waals surface area contributed by atoms with Gasteiger partial charge in [0.15, 0.2) is 0 Å². The van der Waals surface area contributed by atoms with Crippen LogP contribution in [-0.4, -0.2) is 24.6 Å². The van der Waals surface area contributed by atoms with Crippen molar-refractivity contribution in [3.8, 4) is 0 Å². The number of rotatable bonds is 2. The summed E-state index contributed by atoms with van der Waals surface area (Å²) in [4.78, 5) is 10.5. The van der Waals surface area contributed by atoms with Gasteiger partial charge in [-0.1, -0.05) is 18.2 Å². The molecule has 0 bridgehead atoms. The Labute approximate surface area is 99.8 Å². The van der Waals surface area contributed by atoms with Crippen LogP contribution in [0.4, 0.5) is 5.69 Å². The standard InChI is InChI=1S/C10H13N3O2.ClH/c14-13(15)10-4-2-1-3-8(10)9-7-11-5-6-12-9;/h1-4,9,11-12H,5-7H2;1H/t9-;/m1./s1. The molecule has 0 spiro atoms. The quantitative estimate of drug-likeness (QED) is 0.606. The number of nitro benzene ring substituents is 1. The van der Waals surface area contributed by atoms with Crippen molar-refractivity contribution in [3.05, 3.63) is 39.9 Å². The molecule has 0 amide bonds. The predicted molar refractivity (Wildman–Crippen MR) is 64.0 cm³/mol. The van der Waals surface area contributed by atoms with Gasteiger partial charge >= 0.3 is 0 Å². The fraction of sp³-hybridized carbons (Fsp3) is 0.400. The van der Waals surface area contributed by atoms with Crippen molar-refractivity contribution in [2.75, 3.05) is 19.6 Å². The number of benzene rings is 1. The molecule has 1 atom stereocenters. The van der Waals surface area contributed by atoms with E-state index >= 15 is 0 Å². The van der Waals surface area contributed by atoms with E-state index in [2.05, 4.69) is 10.6 Å². The fourth-order valence-electron chi connectivity index (χ4n) is 1.82. The molecule has 0 aliphatic carbocycles. The number of nitrogens with one attached hydrogen (secondary N) is 2. The molecule has 1 heterocycles. The topological polar surface area (TPSA) is 67.2 Å². The zero-order chi connectivity index (χ0) is 10.7. The highest BCUT2D eigenvalue weighted by atomic mass is 35.5. The Bertz CT molecular complexity index is 367. The largest absolute Gasteiger partial charge is 0.314 e. The minimum atomic E-state index is -0.328. The van der Waals surface area contributed by atoms with Crippen LogP contribution < -0.4 is 10.6 Å². The van der Waals surface area contributed by atoms with Crippen LogP contribution in [0.25, 0.3) is 0 Å². The summed E-state index contributed by atoms with van der Waals surface area (Å²) in [6.45, 7) is 2.50. The van der Waals surface area contributed by atoms with Crippen molar-refractivity contribution in [2.24, 2.45) is 0 Å². The SMILES string of the molecule is Cl.O=[N+]([O-])c1ccccc1[C@H]1CNCCN1. The average Bonchev–Trinajstić information content (AvgIpc) is 2.30. The first-order valence-electron chi connectivity index (χ1n) is 4.96. The van der Waals surface area contributed by atoms with Crippen LogP contribution in [0, 0.1) is 10.1 Å². The van der Waals surface area contributed by atoms with E-state index in [1.807, 2.05) is 12.1 Å². The molecule has 1 saturated heterocycles. The number of para-hydroxylation sites is 1. The first kappa shape index (κ1) is 12.9. The molecule has 0 radical (unpaired) electrons. The van der Waals surface area contributed by atoms with Crippen molar-refractivity contribution in [1.29, 1.82) is 0 Å². The molecule has 1 fully saturated rings. The molecule has 2 N–H and O–H groups in total. The summed E-state index contributed by atoms with van der Waals surface area (Å²) in [7, 11) is 0. The Morgan fingerprint density at radius 2 is 2.06 bits per heavy atom. The first-order chi connectivity index (χ1) is 7.29. The van der Waals surface area contributed by atoms with Crippen molar-refractivity contribution < 1.29 is 4.92 Å². The zero-order valence-electron chi connectivity index (χ0n) is 8.68. The fourth-order valence-corrected chi connectivity index (χ4v) is 1.82. The number of piperazine rings is 1. The maximum absolute atomic E-state index is 10.8. The second kappa shape index (κ2) is 5.79. The van der Waals surface area contributed by atoms with Gasteiger partial charge in [0.25, 0.3) is 5.69 Å². The van der Waals surface area contributed by atoms with Crippen LogP contribution in [-0.2, 0) is 0 Å². The molecule has 1 aliphatic rings. The maximum Gasteiger partial charge on any atom is 0.274 e. The second-order valence-electron chi connectivity index (χ2n) is 3.53. The third kappa shape index (κ3) is 2.69. The maximum atomic E-state index is 10.8. The molecule has 1 aromatic carbocycles. The van der Waals surface area contributed by atoms with E-state index in [0.717, 1.165) is 25.2 Å². The number of nitro groups is 1. The number of nitrogens with zero attached hydrogens (tertiary/aromatic N) is 1. The van der Waals surface area contributed by atoms with Crippen LogP contribution in [0.2, 0.25) is 0 Å². The lowest BCUT2D eigenvalue weighted by Gasteiger charge is -2.24. The van der Waals surface area contributed by atoms with Gasteiger partial charge in [-0.05, 0) is 0 Å². The van der Waals surface area contributed by atoms with Crippen LogP contribution in [0.1, 0.15) is 11.6 Å². The molecule has 2 rings (SSSR count). The summed E-state index contributed by atoms with van der Waals surface area (Å²) in [5.41, 5.74) is 0.952. The first-order valence-corrected chi connectivity index (χ1v) is 4.96. The van der Waals surface area contributed by atoms with E-state index < -0.39 is 0 Å². The van der Waals surface area contributed by atoms with Crippen molar-refractivity contribution in [1.82, 2.24) is 10.6 Å². The molecular weight excluding hydrogens is 230 g/mol. The lowest BCUT2D eigenvalue weighted by atomic mass is 10.0. The molecule has 88 valence electrons. The highest BCUT2D eigenvalue weighted by molar-refractivity contribution is 5.85. The Balaban J connectivity index is 0.00000128. The summed E-state index contributed by atoms with van der Waals surface area (Å²) in [5, 5.41) is 17.3. The molecule has 6 heteroatoms. The van der Waals surface area contributed by atoms with Crippen LogP contribution in [0.3, 0.4) is 0 Å². The van der Waals surface area contributed by atoms with Gasteiger partial charge in [-0.2, -0.15) is 0 Å². The van der Waals surface area contributed by atoms with E-state index in [0.29, 0.717) is 0 Å². The molecule has 16 heavy (non-hydrogen) atoms. The minimum absolute atomic E-state index is 0. The van der Waals surface area contributed by atoms with Gasteiger partial charge in [-0.15, -0.1) is 12.4 Å². The normalized spacial score (nSPS) is 19.9. The van der Waals surface area contributed by atoms with Gasteiger partial charge in [0.1, 0.15) is 0 Å². The number of halogens is 1. The molecule has 0 saturated carbocycles. The zero-order valence-corrected chi connectivity index (χ0v) is 9.50. The van der Waals surface area contributed by atoms with Crippen LogP contribution in [0.5, 0.6) is 0 Å². The molecule has 1 aromatic rings. The number of hydrogen-bond acceptors (Lipinski definition) is 4. The predicted octanol–water partition coefficient (Wildman–Crippen LogP) is 1.25. The van der Waals surface area contributed by atoms with E-state index in [1.165, 1.54) is 0 Å². The minimum Gasteiger partial charge on any atom is -0.314 e. The lowest BCUT2D eigenvalue weighted by Crippen LogP contribution is -2.42. The van der Waals surface area contributed by atoms with Gasteiger partial charge in [-0.3, -0.25) is 10.1 Å². The average molecular weight is 244 g/mol. The van der Waals surface area contributed by atoms with Gasteiger partial charge in [0.05, 0.1) is 11.0 Å². The van der Waals surface area contributed by atoms with Crippen molar-refractivity contribution in [2.45, 2.75) is 6.04 Å². The lowest BCUT2D eigenvalue weighted by molar-refractivity contribution is -0.385. The van der Waals surface area contributed by atoms with Crippen molar-refractivity contribution >= 4 is 18.1 Å². The summed E-state index contributed by atoms with van der Waals surface area (Å²) in [6.07, 6.45) is 0. The van der Waals surface area contributed by atoms with Gasteiger partial charge in [0, 0.05) is 31.3 Å². The smallest absolute Gasteiger partial charge is 0.274 e. The summed E-state index contributed by atoms with van der Waals surface area (Å²) >= 11 is 0. The molecule has 0 unspecified atom stereocenters. The Kier molecular flexibility index (Phi) is 4.67. The van der Waals surface area contributed by atoms with Crippen molar-refractivity contribution in [3.63, 3.8) is 0 Å². The summed E-state index contributed by atoms with van der Waals surface area (Å²) in [5.74, 6) is 0. The molecule has 0 aromatic heterocycles. The summed E-state index contributed by atoms with van der Waals surface area (Å²) < 4.78 is 0. The Morgan fingerprint density at radius 1 is 1.31 bits per heavy atom. The van der Waals surface area contributed by atoms with E-state index in [9.17, 15) is 10.1 Å². The van der Waals surface area contributed by atoms with Gasteiger partial charge in [-0.25, -0.2) is 0 Å². The van der Waals surface area contributed by atoms with Crippen LogP contribution >= 0.6 is 12.4 Å². The van der Waals surface area contributed by atoms with E-state index in [4.69, 9.17) is 0 Å². The summed E-state index contributed by atoms with van der Waals surface area (Å²) in [6, 6.07) is 6.92. The van der Waals surface area contributed by atoms with Gasteiger partial charge in [0.2, 0.25) is 0 Å². The number of hydrogen-bond donors (Lipinski definition) is 2. The van der Waals surface area contributed by atoms with E-state index in [-0.39, 0.29) is 29.1 Å². The highest BCUT2D eigenvalue weighted by Crippen LogP contribution is 2.24. The highest BCUT2D eigenvalue weighted by Gasteiger charge is 2.22. The monoisotopic (exact) mass is 243 g/mol. The molecule has 1 aliphatic heterocycles. The Hall–Kier alpha value is -1.17. The second-order valence-corrected chi connectivity index (χ2v) is 3.53. The molecule has 5 nitrogen and oxygen atoms in total. The third-order valence-electron chi connectivity index (χ3n) is 2.55. The van der Waals surface area contributed by atoms with E-state index in [1.54, 1.807) is 12.1 Å². The third-order valence-corrected chi connectivity index (χ3v) is 2.55. The van der Waals surface area contributed by atoms with Gasteiger partial charge < -0.3 is 10.6 Å². The molecular formula is C10H14ClN3O2. The van der Waals surface area contributed by atoms with Crippen LogP contribution in [0.15, 0.2) is 24.3 Å². The Morgan fingerprint density at radius 3 is 2.69 bits per heavy atom.